The molecule has 1 aromatic carbocycles. The van der Waals surface area contributed by atoms with Crippen molar-refractivity contribution < 1.29 is 0 Å². The molecule has 9 heteroatoms. The van der Waals surface area contributed by atoms with Gasteiger partial charge in [-0.1, -0.05) is 30.3 Å². The van der Waals surface area contributed by atoms with Crippen molar-refractivity contribution in [2.45, 2.75) is 20.0 Å². The molecule has 0 fully saturated rings. The van der Waals surface area contributed by atoms with Crippen LogP contribution >= 0.6 is 0 Å². The maximum atomic E-state index is 4.65. The van der Waals surface area contributed by atoms with E-state index < -0.39 is 0 Å². The van der Waals surface area contributed by atoms with Gasteiger partial charge < -0.3 is 14.9 Å². The van der Waals surface area contributed by atoms with Crippen LogP contribution in [0.5, 0.6) is 0 Å². The molecule has 190 valence electrons. The van der Waals surface area contributed by atoms with E-state index in [0.29, 0.717) is 0 Å². The van der Waals surface area contributed by atoms with Crippen molar-refractivity contribution in [3.8, 4) is 28.2 Å². The molecular formula is C30H25N9. The fourth-order valence-electron chi connectivity index (χ4n) is 4.87. The molecule has 0 unspecified atom stereocenters. The van der Waals surface area contributed by atoms with Gasteiger partial charge in [0.15, 0.2) is 5.65 Å². The molecule has 0 aliphatic rings. The number of H-pyrrole nitrogens is 2. The SMILES string of the molecule is Cc1cn(-c2ccnc3[nH]c(-c4n[nH]c5ncc(-c6cncc(CNCc7ccccc7)c6)cc45)cc23)cn1. The number of benzene rings is 1. The lowest BCUT2D eigenvalue weighted by Crippen LogP contribution is -2.12. The third kappa shape index (κ3) is 4.45. The van der Waals surface area contributed by atoms with E-state index in [-0.39, 0.29) is 0 Å². The first-order valence-electron chi connectivity index (χ1n) is 12.7. The van der Waals surface area contributed by atoms with Crippen molar-refractivity contribution in [3.63, 3.8) is 0 Å². The third-order valence-corrected chi connectivity index (χ3v) is 6.80. The van der Waals surface area contributed by atoms with Crippen LogP contribution in [0.15, 0.2) is 91.9 Å². The van der Waals surface area contributed by atoms with Crippen LogP contribution in [-0.4, -0.2) is 39.7 Å². The van der Waals surface area contributed by atoms with Gasteiger partial charge in [-0.15, -0.1) is 0 Å². The summed E-state index contributed by atoms with van der Waals surface area (Å²) in [6.45, 7) is 3.51. The highest BCUT2D eigenvalue weighted by Gasteiger charge is 2.16. The van der Waals surface area contributed by atoms with E-state index in [0.717, 1.165) is 74.6 Å². The summed E-state index contributed by atoms with van der Waals surface area (Å²) in [5.41, 5.74) is 9.47. The normalized spacial score (nSPS) is 11.5. The fourth-order valence-corrected chi connectivity index (χ4v) is 4.87. The van der Waals surface area contributed by atoms with Gasteiger partial charge in [0.1, 0.15) is 11.3 Å². The molecule has 6 aromatic heterocycles. The molecular weight excluding hydrogens is 486 g/mol. The average molecular weight is 512 g/mol. The highest BCUT2D eigenvalue weighted by Crippen LogP contribution is 2.32. The summed E-state index contributed by atoms with van der Waals surface area (Å²) in [5.74, 6) is 0. The van der Waals surface area contributed by atoms with Gasteiger partial charge in [-0.05, 0) is 42.3 Å². The number of fused-ring (bicyclic) bond motifs is 2. The molecule has 7 aromatic rings. The fraction of sp³-hybridized carbons (Fsp3) is 0.100. The lowest BCUT2D eigenvalue weighted by Gasteiger charge is -2.07. The van der Waals surface area contributed by atoms with Gasteiger partial charge in [0, 0.05) is 66.0 Å². The molecule has 0 radical (unpaired) electrons. The Bertz CT molecular complexity index is 1910. The van der Waals surface area contributed by atoms with E-state index in [2.05, 4.69) is 82.9 Å². The highest BCUT2D eigenvalue weighted by molar-refractivity contribution is 5.97. The number of hydrogen-bond donors (Lipinski definition) is 3. The maximum Gasteiger partial charge on any atom is 0.155 e. The molecule has 0 atom stereocenters. The quantitative estimate of drug-likeness (QED) is 0.266. The summed E-state index contributed by atoms with van der Waals surface area (Å²) in [6, 6.07) is 18.7. The summed E-state index contributed by atoms with van der Waals surface area (Å²) in [7, 11) is 0. The predicted molar refractivity (Wildman–Crippen MR) is 151 cm³/mol. The Morgan fingerprint density at radius 2 is 1.69 bits per heavy atom. The number of rotatable bonds is 7. The van der Waals surface area contributed by atoms with Crippen LogP contribution < -0.4 is 5.32 Å². The Morgan fingerprint density at radius 1 is 0.821 bits per heavy atom. The Balaban J connectivity index is 1.20. The Kier molecular flexibility index (Phi) is 5.68. The van der Waals surface area contributed by atoms with Crippen molar-refractivity contribution in [2.75, 3.05) is 0 Å². The number of aryl methyl sites for hydroxylation is 1. The van der Waals surface area contributed by atoms with Gasteiger partial charge in [-0.2, -0.15) is 5.10 Å². The van der Waals surface area contributed by atoms with Crippen LogP contribution in [-0.2, 0) is 13.1 Å². The summed E-state index contributed by atoms with van der Waals surface area (Å²) >= 11 is 0. The van der Waals surface area contributed by atoms with Gasteiger partial charge in [-0.25, -0.2) is 15.0 Å². The Morgan fingerprint density at radius 3 is 2.56 bits per heavy atom. The smallest absolute Gasteiger partial charge is 0.155 e. The van der Waals surface area contributed by atoms with Gasteiger partial charge in [0.25, 0.3) is 0 Å². The molecule has 0 spiro atoms. The van der Waals surface area contributed by atoms with Crippen molar-refractivity contribution in [3.05, 3.63) is 109 Å². The van der Waals surface area contributed by atoms with Crippen LogP contribution in [0.25, 0.3) is 50.3 Å². The summed E-state index contributed by atoms with van der Waals surface area (Å²) in [4.78, 5) is 21.5. The second-order valence-electron chi connectivity index (χ2n) is 9.56. The molecule has 0 bridgehead atoms. The molecule has 0 saturated carbocycles. The minimum absolute atomic E-state index is 0.722. The van der Waals surface area contributed by atoms with E-state index in [1.54, 1.807) is 6.20 Å². The molecule has 0 aliphatic carbocycles. The van der Waals surface area contributed by atoms with Crippen LogP contribution in [0.2, 0.25) is 0 Å². The second-order valence-corrected chi connectivity index (χ2v) is 9.56. The van der Waals surface area contributed by atoms with Crippen LogP contribution in [0, 0.1) is 6.92 Å². The van der Waals surface area contributed by atoms with Crippen molar-refractivity contribution in [1.29, 1.82) is 0 Å². The molecule has 7 rings (SSSR count). The lowest BCUT2D eigenvalue weighted by molar-refractivity contribution is 0.691. The molecule has 0 aliphatic heterocycles. The summed E-state index contributed by atoms with van der Waals surface area (Å²) in [6.07, 6.45) is 11.2. The van der Waals surface area contributed by atoms with Crippen molar-refractivity contribution in [1.82, 2.24) is 45.0 Å². The summed E-state index contributed by atoms with van der Waals surface area (Å²) in [5, 5.41) is 13.1. The number of aromatic amines is 2. The minimum atomic E-state index is 0.722. The first-order chi connectivity index (χ1) is 19.2. The van der Waals surface area contributed by atoms with Crippen LogP contribution in [0.3, 0.4) is 0 Å². The van der Waals surface area contributed by atoms with Crippen molar-refractivity contribution in [2.24, 2.45) is 0 Å². The molecule has 6 heterocycles. The number of aromatic nitrogens is 8. The zero-order valence-electron chi connectivity index (χ0n) is 21.3. The number of nitrogens with zero attached hydrogens (tertiary/aromatic N) is 6. The average Bonchev–Trinajstić information content (AvgIpc) is 3.71. The van der Waals surface area contributed by atoms with Crippen LogP contribution in [0.4, 0.5) is 0 Å². The standard InChI is InChI=1S/C30H25N9/c1-19-17-39(18-35-19)27-7-8-33-29-24(27)11-26(36-29)28-25-10-23(16-34-30(25)38-37-28)22-9-21(14-32-15-22)13-31-12-20-5-3-2-4-6-20/h2-11,14-18,31H,12-13H2,1H3,(H,33,36)(H,34,37,38). The van der Waals surface area contributed by atoms with E-state index in [1.807, 2.05) is 54.7 Å². The Labute approximate surface area is 224 Å². The van der Waals surface area contributed by atoms with Gasteiger partial charge >= 0.3 is 0 Å². The van der Waals surface area contributed by atoms with Crippen molar-refractivity contribution >= 4 is 22.1 Å². The lowest BCUT2D eigenvalue weighted by atomic mass is 10.1. The Hall–Kier alpha value is -5.15. The largest absolute Gasteiger partial charge is 0.338 e. The molecule has 0 amide bonds. The minimum Gasteiger partial charge on any atom is -0.338 e. The van der Waals surface area contributed by atoms with Gasteiger partial charge in [-0.3, -0.25) is 10.1 Å². The maximum absolute atomic E-state index is 4.65. The number of hydrogen-bond acceptors (Lipinski definition) is 6. The zero-order valence-corrected chi connectivity index (χ0v) is 21.3. The topological polar surface area (TPSA) is 113 Å². The molecule has 9 nitrogen and oxygen atoms in total. The molecule has 3 N–H and O–H groups in total. The number of pyridine rings is 3. The van der Waals surface area contributed by atoms with E-state index in [1.165, 1.54) is 5.56 Å². The first kappa shape index (κ1) is 23.0. The van der Waals surface area contributed by atoms with Gasteiger partial charge in [0.2, 0.25) is 0 Å². The second kappa shape index (κ2) is 9.62. The van der Waals surface area contributed by atoms with Crippen LogP contribution in [0.1, 0.15) is 16.8 Å². The summed E-state index contributed by atoms with van der Waals surface area (Å²) < 4.78 is 2.01. The first-order valence-corrected chi connectivity index (χ1v) is 12.7. The monoisotopic (exact) mass is 511 g/mol. The number of nitrogens with one attached hydrogen (secondary N) is 3. The van der Waals surface area contributed by atoms with E-state index in [9.17, 15) is 0 Å². The third-order valence-electron chi connectivity index (χ3n) is 6.80. The van der Waals surface area contributed by atoms with E-state index in [4.69, 9.17) is 0 Å². The molecule has 0 saturated heterocycles. The van der Waals surface area contributed by atoms with Gasteiger partial charge in [0.05, 0.1) is 23.4 Å². The van der Waals surface area contributed by atoms with E-state index >= 15 is 0 Å². The predicted octanol–water partition coefficient (Wildman–Crippen LogP) is 5.35. The molecule has 39 heavy (non-hydrogen) atoms. The highest BCUT2D eigenvalue weighted by atomic mass is 15.2. The zero-order chi connectivity index (χ0) is 26.2. The number of imidazole rings is 1.